The van der Waals surface area contributed by atoms with E-state index in [1.807, 2.05) is 0 Å². The van der Waals surface area contributed by atoms with Crippen LogP contribution in [0.25, 0.3) is 0 Å². The van der Waals surface area contributed by atoms with Gasteiger partial charge in [0.05, 0.1) is 6.26 Å². The fourth-order valence-corrected chi connectivity index (χ4v) is 4.59. The fraction of sp³-hybridized carbons (Fsp3) is 1.00. The molecule has 5 heteroatoms. The maximum atomic E-state index is 11.6. The van der Waals surface area contributed by atoms with Crippen LogP contribution in [0.2, 0.25) is 0 Å². The third kappa shape index (κ3) is 4.71. The number of nitrogens with one attached hydrogen (secondary N) is 1. The van der Waals surface area contributed by atoms with Gasteiger partial charge in [0.15, 0.2) is 0 Å². The fourth-order valence-electron chi connectivity index (χ4n) is 3.65. The Morgan fingerprint density at radius 3 is 2.50 bits per heavy atom. The minimum Gasteiger partial charge on any atom is -0.314 e. The number of rotatable bonds is 5. The highest BCUT2D eigenvalue weighted by Crippen LogP contribution is 2.26. The molecule has 1 saturated carbocycles. The molecule has 2 rings (SSSR count). The van der Waals surface area contributed by atoms with E-state index in [9.17, 15) is 8.42 Å². The van der Waals surface area contributed by atoms with E-state index < -0.39 is 10.0 Å². The Morgan fingerprint density at radius 1 is 1.15 bits per heavy atom. The van der Waals surface area contributed by atoms with Gasteiger partial charge in [0.25, 0.3) is 0 Å². The van der Waals surface area contributed by atoms with Crippen LogP contribution in [0.15, 0.2) is 0 Å². The zero-order valence-corrected chi connectivity index (χ0v) is 13.8. The topological polar surface area (TPSA) is 49.4 Å². The molecule has 1 aliphatic carbocycles. The monoisotopic (exact) mass is 302 g/mol. The van der Waals surface area contributed by atoms with Crippen molar-refractivity contribution in [3.63, 3.8) is 0 Å². The summed E-state index contributed by atoms with van der Waals surface area (Å²) in [6, 6.07) is 0.573. The van der Waals surface area contributed by atoms with Gasteiger partial charge >= 0.3 is 0 Å². The molecule has 0 bridgehead atoms. The van der Waals surface area contributed by atoms with Gasteiger partial charge in [0.1, 0.15) is 0 Å². The van der Waals surface area contributed by atoms with Crippen molar-refractivity contribution in [2.24, 2.45) is 11.8 Å². The average molecular weight is 302 g/mol. The minimum absolute atomic E-state index is 0.476. The highest BCUT2D eigenvalue weighted by Gasteiger charge is 2.27. The zero-order valence-electron chi connectivity index (χ0n) is 13.0. The molecule has 0 aromatic carbocycles. The molecule has 1 unspecified atom stereocenters. The third-order valence-electron chi connectivity index (χ3n) is 5.04. The highest BCUT2D eigenvalue weighted by molar-refractivity contribution is 7.88. The zero-order chi connectivity index (χ0) is 14.6. The SMILES string of the molecule is C[C@@H](NCC1CCCN(S(C)(=O)=O)C1)C1CCCCC1. The quantitative estimate of drug-likeness (QED) is 0.847. The summed E-state index contributed by atoms with van der Waals surface area (Å²) in [5, 5.41) is 3.67. The molecule has 0 amide bonds. The van der Waals surface area contributed by atoms with E-state index in [1.165, 1.54) is 38.4 Å². The van der Waals surface area contributed by atoms with E-state index in [0.29, 0.717) is 25.0 Å². The molecule has 0 spiro atoms. The van der Waals surface area contributed by atoms with E-state index in [0.717, 1.165) is 25.3 Å². The molecule has 1 N–H and O–H groups in total. The first-order chi connectivity index (χ1) is 9.47. The first-order valence-electron chi connectivity index (χ1n) is 8.15. The van der Waals surface area contributed by atoms with Crippen molar-refractivity contribution in [2.75, 3.05) is 25.9 Å². The van der Waals surface area contributed by atoms with Crippen LogP contribution in [-0.4, -0.2) is 44.7 Å². The predicted molar refractivity (Wildman–Crippen MR) is 83.2 cm³/mol. The van der Waals surface area contributed by atoms with Crippen LogP contribution in [0.4, 0.5) is 0 Å². The van der Waals surface area contributed by atoms with Crippen LogP contribution in [0, 0.1) is 11.8 Å². The predicted octanol–water partition coefficient (Wildman–Crippen LogP) is 2.22. The summed E-state index contributed by atoms with van der Waals surface area (Å²) in [4.78, 5) is 0. The van der Waals surface area contributed by atoms with Gasteiger partial charge in [0, 0.05) is 19.1 Å². The number of sulfonamides is 1. The average Bonchev–Trinajstić information content (AvgIpc) is 2.45. The molecule has 1 aliphatic heterocycles. The molecule has 118 valence electrons. The number of piperidine rings is 1. The van der Waals surface area contributed by atoms with Crippen molar-refractivity contribution < 1.29 is 8.42 Å². The van der Waals surface area contributed by atoms with Crippen LogP contribution in [0.1, 0.15) is 51.9 Å². The summed E-state index contributed by atoms with van der Waals surface area (Å²) < 4.78 is 24.9. The van der Waals surface area contributed by atoms with Crippen LogP contribution in [0.5, 0.6) is 0 Å². The first kappa shape index (κ1) is 16.2. The molecule has 1 heterocycles. The molecule has 0 aromatic heterocycles. The molecule has 0 radical (unpaired) electrons. The highest BCUT2D eigenvalue weighted by atomic mass is 32.2. The molecular weight excluding hydrogens is 272 g/mol. The summed E-state index contributed by atoms with van der Waals surface area (Å²) in [5.41, 5.74) is 0. The van der Waals surface area contributed by atoms with E-state index in [-0.39, 0.29) is 0 Å². The molecule has 2 atom stereocenters. The molecule has 0 aromatic rings. The normalized spacial score (nSPS) is 28.4. The molecule has 2 fully saturated rings. The van der Waals surface area contributed by atoms with Gasteiger partial charge in [0.2, 0.25) is 10.0 Å². The van der Waals surface area contributed by atoms with Crippen LogP contribution < -0.4 is 5.32 Å². The largest absolute Gasteiger partial charge is 0.314 e. The standard InChI is InChI=1S/C15H30N2O2S/c1-13(15-8-4-3-5-9-15)16-11-14-7-6-10-17(12-14)20(2,18)19/h13-16H,3-12H2,1-2H3/t13-,14?/m1/s1. The van der Waals surface area contributed by atoms with Gasteiger partial charge in [-0.15, -0.1) is 0 Å². The van der Waals surface area contributed by atoms with Crippen molar-refractivity contribution in [3.8, 4) is 0 Å². The lowest BCUT2D eigenvalue weighted by Crippen LogP contribution is -2.45. The third-order valence-corrected chi connectivity index (χ3v) is 6.31. The van der Waals surface area contributed by atoms with Gasteiger partial charge in [-0.2, -0.15) is 0 Å². The van der Waals surface area contributed by atoms with Gasteiger partial charge in [-0.3, -0.25) is 0 Å². The molecular formula is C15H30N2O2S. The molecule has 2 aliphatic rings. The first-order valence-corrected chi connectivity index (χ1v) is 10.00. The van der Waals surface area contributed by atoms with Crippen molar-refractivity contribution >= 4 is 10.0 Å². The molecule has 20 heavy (non-hydrogen) atoms. The van der Waals surface area contributed by atoms with Gasteiger partial charge < -0.3 is 5.32 Å². The summed E-state index contributed by atoms with van der Waals surface area (Å²) in [7, 11) is -3.01. The summed E-state index contributed by atoms with van der Waals surface area (Å²) in [6.45, 7) is 4.66. The Morgan fingerprint density at radius 2 is 1.85 bits per heavy atom. The number of hydrogen-bond donors (Lipinski definition) is 1. The van der Waals surface area contributed by atoms with Crippen molar-refractivity contribution in [1.29, 1.82) is 0 Å². The second kappa shape index (κ2) is 7.23. The van der Waals surface area contributed by atoms with E-state index in [2.05, 4.69) is 12.2 Å². The van der Waals surface area contributed by atoms with E-state index in [4.69, 9.17) is 0 Å². The van der Waals surface area contributed by atoms with Crippen LogP contribution in [-0.2, 0) is 10.0 Å². The van der Waals surface area contributed by atoms with Crippen molar-refractivity contribution in [1.82, 2.24) is 9.62 Å². The van der Waals surface area contributed by atoms with Gasteiger partial charge in [-0.05, 0) is 51.0 Å². The summed E-state index contributed by atoms with van der Waals surface area (Å²) in [6.07, 6.45) is 10.3. The maximum absolute atomic E-state index is 11.6. The van der Waals surface area contributed by atoms with Crippen LogP contribution >= 0.6 is 0 Å². The Hall–Kier alpha value is -0.130. The Kier molecular flexibility index (Phi) is 5.87. The van der Waals surface area contributed by atoms with Gasteiger partial charge in [-0.25, -0.2) is 12.7 Å². The number of nitrogens with zero attached hydrogens (tertiary/aromatic N) is 1. The lowest BCUT2D eigenvalue weighted by molar-refractivity contribution is 0.231. The van der Waals surface area contributed by atoms with E-state index >= 15 is 0 Å². The Labute approximate surface area is 124 Å². The van der Waals surface area contributed by atoms with Crippen LogP contribution in [0.3, 0.4) is 0 Å². The molecule has 1 saturated heterocycles. The van der Waals surface area contributed by atoms with Crippen molar-refractivity contribution in [3.05, 3.63) is 0 Å². The lowest BCUT2D eigenvalue weighted by atomic mass is 9.84. The number of hydrogen-bond acceptors (Lipinski definition) is 3. The smallest absolute Gasteiger partial charge is 0.211 e. The lowest BCUT2D eigenvalue weighted by Gasteiger charge is -2.33. The Bertz CT molecular complexity index is 391. The summed E-state index contributed by atoms with van der Waals surface area (Å²) in [5.74, 6) is 1.29. The van der Waals surface area contributed by atoms with E-state index in [1.54, 1.807) is 4.31 Å². The molecule has 4 nitrogen and oxygen atoms in total. The Balaban J connectivity index is 1.75. The second-order valence-corrected chi connectivity index (χ2v) is 8.71. The van der Waals surface area contributed by atoms with Gasteiger partial charge in [-0.1, -0.05) is 19.3 Å². The second-order valence-electron chi connectivity index (χ2n) is 6.72. The van der Waals surface area contributed by atoms with Crippen molar-refractivity contribution in [2.45, 2.75) is 57.9 Å². The summed E-state index contributed by atoms with van der Waals surface area (Å²) >= 11 is 0. The maximum Gasteiger partial charge on any atom is 0.211 e. The minimum atomic E-state index is -3.01.